The summed E-state index contributed by atoms with van der Waals surface area (Å²) in [5.41, 5.74) is 3.76. The molecule has 1 aliphatic rings. The average molecular weight is 498 g/mol. The molecule has 5 rings (SSSR count). The molecule has 8 nitrogen and oxygen atoms in total. The Kier molecular flexibility index (Phi) is 6.23. The highest BCUT2D eigenvalue weighted by molar-refractivity contribution is 5.94. The summed E-state index contributed by atoms with van der Waals surface area (Å²) in [4.78, 5) is 26.3. The van der Waals surface area contributed by atoms with Crippen molar-refractivity contribution in [2.24, 2.45) is 5.92 Å². The maximum absolute atomic E-state index is 13.1. The van der Waals surface area contributed by atoms with Crippen LogP contribution < -0.4 is 5.32 Å². The first-order valence-electron chi connectivity index (χ1n) is 12.0. The van der Waals surface area contributed by atoms with Gasteiger partial charge in [0, 0.05) is 37.5 Å². The van der Waals surface area contributed by atoms with Crippen molar-refractivity contribution in [2.75, 3.05) is 0 Å². The first-order chi connectivity index (χ1) is 17.3. The molecule has 0 fully saturated rings. The second kappa shape index (κ2) is 9.36. The molecule has 1 aliphatic heterocycles. The topological polar surface area (TPSA) is 90.0 Å². The molecule has 0 saturated carbocycles. The van der Waals surface area contributed by atoms with E-state index in [2.05, 4.69) is 25.4 Å². The molecule has 1 amide bonds. The SMILES string of the molecule is CCc1cnc2nc(CC)c(C(=O)NCc3ccc(-c4nc5n(n4)CC[C@H](C(F)(F)F)C5)cc3)n2c1. The number of fused-ring (bicyclic) bond motifs is 2. The summed E-state index contributed by atoms with van der Waals surface area (Å²) in [6.07, 6.45) is 0.705. The molecule has 1 atom stereocenters. The van der Waals surface area contributed by atoms with Crippen molar-refractivity contribution in [1.82, 2.24) is 34.4 Å². The van der Waals surface area contributed by atoms with Crippen molar-refractivity contribution in [1.29, 1.82) is 0 Å². The molecule has 1 N–H and O–H groups in total. The number of rotatable bonds is 6. The molecule has 0 saturated heterocycles. The van der Waals surface area contributed by atoms with Crippen molar-refractivity contribution < 1.29 is 18.0 Å². The zero-order valence-electron chi connectivity index (χ0n) is 20.0. The standard InChI is InChI=1S/C25H26F3N7O/c1-3-15-12-30-24-31-19(4-2)21(34(24)14-15)23(36)29-13-16-5-7-17(8-6-16)22-32-20-11-18(25(26,27)28)9-10-35(20)33-22/h5-8,12,14,18H,3-4,9-11,13H2,1-2H3,(H,29,36)/t18-/m0/s1. The van der Waals surface area contributed by atoms with Gasteiger partial charge < -0.3 is 5.32 Å². The van der Waals surface area contributed by atoms with Gasteiger partial charge in [-0.3, -0.25) is 9.20 Å². The summed E-state index contributed by atoms with van der Waals surface area (Å²) in [5, 5.41) is 7.34. The Morgan fingerprint density at radius 1 is 1.11 bits per heavy atom. The fourth-order valence-electron chi connectivity index (χ4n) is 4.43. The van der Waals surface area contributed by atoms with Crippen LogP contribution in [0.5, 0.6) is 0 Å². The van der Waals surface area contributed by atoms with Gasteiger partial charge in [0.15, 0.2) is 5.82 Å². The quantitative estimate of drug-likeness (QED) is 0.432. The highest BCUT2D eigenvalue weighted by Gasteiger charge is 2.42. The van der Waals surface area contributed by atoms with Gasteiger partial charge in [-0.05, 0) is 30.4 Å². The van der Waals surface area contributed by atoms with Crippen LogP contribution in [0.3, 0.4) is 0 Å². The highest BCUT2D eigenvalue weighted by atomic mass is 19.4. The number of nitrogens with one attached hydrogen (secondary N) is 1. The molecule has 4 heterocycles. The zero-order chi connectivity index (χ0) is 25.4. The van der Waals surface area contributed by atoms with Crippen LogP contribution in [0.15, 0.2) is 36.7 Å². The normalized spacial score (nSPS) is 15.8. The Balaban J connectivity index is 1.28. The Hall–Kier alpha value is -3.76. The number of imidazole rings is 1. The van der Waals surface area contributed by atoms with E-state index in [1.54, 1.807) is 15.3 Å². The zero-order valence-corrected chi connectivity index (χ0v) is 20.0. The van der Waals surface area contributed by atoms with E-state index in [1.807, 2.05) is 44.3 Å². The van der Waals surface area contributed by atoms with Gasteiger partial charge in [0.2, 0.25) is 5.78 Å². The molecule has 1 aromatic carbocycles. The lowest BCUT2D eigenvalue weighted by atomic mass is 9.98. The molecular formula is C25H26F3N7O. The van der Waals surface area contributed by atoms with E-state index >= 15 is 0 Å². The molecule has 36 heavy (non-hydrogen) atoms. The maximum Gasteiger partial charge on any atom is 0.392 e. The predicted octanol–water partition coefficient (Wildman–Crippen LogP) is 4.17. The van der Waals surface area contributed by atoms with E-state index in [4.69, 9.17) is 0 Å². The van der Waals surface area contributed by atoms with Crippen LogP contribution in [0.1, 0.15) is 53.4 Å². The maximum atomic E-state index is 13.1. The van der Waals surface area contributed by atoms with Crippen molar-refractivity contribution in [3.05, 3.63) is 65.0 Å². The Labute approximate surface area is 205 Å². The first kappa shape index (κ1) is 24.0. The molecule has 0 spiro atoms. The number of amides is 1. The van der Waals surface area contributed by atoms with Crippen LogP contribution in [0.2, 0.25) is 0 Å². The van der Waals surface area contributed by atoms with Gasteiger partial charge in [-0.2, -0.15) is 18.3 Å². The second-order valence-corrected chi connectivity index (χ2v) is 8.93. The predicted molar refractivity (Wildman–Crippen MR) is 126 cm³/mol. The number of hydrogen-bond acceptors (Lipinski definition) is 5. The van der Waals surface area contributed by atoms with E-state index < -0.39 is 12.1 Å². The van der Waals surface area contributed by atoms with Crippen molar-refractivity contribution in [2.45, 2.75) is 58.8 Å². The lowest BCUT2D eigenvalue weighted by Crippen LogP contribution is -2.31. The molecule has 0 unspecified atom stereocenters. The van der Waals surface area contributed by atoms with Crippen molar-refractivity contribution >= 4 is 11.7 Å². The number of halogens is 3. The largest absolute Gasteiger partial charge is 0.392 e. The number of carbonyl (C=O) groups excluding carboxylic acids is 1. The van der Waals surface area contributed by atoms with Crippen LogP contribution in [0.4, 0.5) is 13.2 Å². The number of carbonyl (C=O) groups is 1. The lowest BCUT2D eigenvalue weighted by Gasteiger charge is -2.24. The summed E-state index contributed by atoms with van der Waals surface area (Å²) in [6.45, 7) is 4.48. The van der Waals surface area contributed by atoms with Gasteiger partial charge in [-0.15, -0.1) is 0 Å². The molecule has 0 bridgehead atoms. The van der Waals surface area contributed by atoms with Gasteiger partial charge in [0.1, 0.15) is 11.5 Å². The molecule has 0 aliphatic carbocycles. The molecule has 3 aromatic heterocycles. The fraction of sp³-hybridized carbons (Fsp3) is 0.400. The van der Waals surface area contributed by atoms with Crippen molar-refractivity contribution in [3.8, 4) is 11.4 Å². The Morgan fingerprint density at radius 2 is 1.89 bits per heavy atom. The summed E-state index contributed by atoms with van der Waals surface area (Å²) in [5.74, 6) is -0.355. The summed E-state index contributed by atoms with van der Waals surface area (Å²) < 4.78 is 42.6. The lowest BCUT2D eigenvalue weighted by molar-refractivity contribution is -0.179. The van der Waals surface area contributed by atoms with E-state index in [0.29, 0.717) is 47.3 Å². The van der Waals surface area contributed by atoms with Crippen LogP contribution in [0, 0.1) is 5.92 Å². The minimum Gasteiger partial charge on any atom is -0.347 e. The third kappa shape index (κ3) is 4.57. The van der Waals surface area contributed by atoms with Gasteiger partial charge in [-0.1, -0.05) is 38.1 Å². The number of aromatic nitrogens is 6. The number of nitrogens with zero attached hydrogens (tertiary/aromatic N) is 6. The number of hydrogen-bond donors (Lipinski definition) is 1. The monoisotopic (exact) mass is 497 g/mol. The minimum atomic E-state index is -4.22. The van der Waals surface area contributed by atoms with Gasteiger partial charge >= 0.3 is 6.18 Å². The Bertz CT molecular complexity index is 1410. The van der Waals surface area contributed by atoms with Crippen molar-refractivity contribution in [3.63, 3.8) is 0 Å². The van der Waals surface area contributed by atoms with E-state index in [0.717, 1.165) is 17.5 Å². The third-order valence-corrected chi connectivity index (χ3v) is 6.56. The van der Waals surface area contributed by atoms with Crippen LogP contribution in [0.25, 0.3) is 17.2 Å². The highest BCUT2D eigenvalue weighted by Crippen LogP contribution is 2.34. The number of benzene rings is 1. The van der Waals surface area contributed by atoms with E-state index in [9.17, 15) is 18.0 Å². The molecule has 0 radical (unpaired) electrons. The average Bonchev–Trinajstić information content (AvgIpc) is 3.47. The second-order valence-electron chi connectivity index (χ2n) is 8.93. The fourth-order valence-corrected chi connectivity index (χ4v) is 4.43. The molecular weight excluding hydrogens is 471 g/mol. The van der Waals surface area contributed by atoms with Crippen LogP contribution in [-0.2, 0) is 32.4 Å². The van der Waals surface area contributed by atoms with E-state index in [-0.39, 0.29) is 25.3 Å². The Morgan fingerprint density at radius 3 is 2.58 bits per heavy atom. The summed E-state index contributed by atoms with van der Waals surface area (Å²) in [7, 11) is 0. The molecule has 4 aromatic rings. The van der Waals surface area contributed by atoms with Crippen LogP contribution >= 0.6 is 0 Å². The minimum absolute atomic E-state index is 0.0139. The molecule has 188 valence electrons. The molecule has 11 heteroatoms. The summed E-state index contributed by atoms with van der Waals surface area (Å²) in [6, 6.07) is 7.32. The third-order valence-electron chi connectivity index (χ3n) is 6.56. The number of alkyl halides is 3. The first-order valence-corrected chi connectivity index (χ1v) is 12.0. The van der Waals surface area contributed by atoms with Gasteiger partial charge in [0.05, 0.1) is 11.6 Å². The summed E-state index contributed by atoms with van der Waals surface area (Å²) >= 11 is 0. The number of aryl methyl sites for hydroxylation is 3. The van der Waals surface area contributed by atoms with Gasteiger partial charge in [-0.25, -0.2) is 19.6 Å². The smallest absolute Gasteiger partial charge is 0.347 e. The van der Waals surface area contributed by atoms with Gasteiger partial charge in [0.25, 0.3) is 5.91 Å². The van der Waals surface area contributed by atoms with E-state index in [1.165, 1.54) is 0 Å². The van der Waals surface area contributed by atoms with Crippen LogP contribution in [-0.4, -0.2) is 41.2 Å².